The first-order valence-electron chi connectivity index (χ1n) is 6.23. The fourth-order valence-corrected chi connectivity index (χ4v) is 2.23. The Morgan fingerprint density at radius 1 is 1.44 bits per heavy atom. The van der Waals surface area contributed by atoms with Gasteiger partial charge in [0, 0.05) is 11.6 Å². The molecule has 0 amide bonds. The van der Waals surface area contributed by atoms with Gasteiger partial charge < -0.3 is 10.4 Å². The fraction of sp³-hybridized carbons (Fsp3) is 0.571. The summed E-state index contributed by atoms with van der Waals surface area (Å²) in [5, 5.41) is 13.4. The van der Waals surface area contributed by atoms with Gasteiger partial charge in [0.2, 0.25) is 0 Å². The van der Waals surface area contributed by atoms with Crippen molar-refractivity contribution in [2.24, 2.45) is 11.8 Å². The van der Waals surface area contributed by atoms with Crippen LogP contribution >= 0.6 is 0 Å². The number of hydrogen-bond acceptors (Lipinski definition) is 2. The number of nitrogens with one attached hydrogen (secondary N) is 1. The molecule has 2 nitrogen and oxygen atoms in total. The molecule has 1 aliphatic rings. The molecule has 2 heteroatoms. The lowest BCUT2D eigenvalue weighted by Crippen LogP contribution is -2.23. The molecule has 1 saturated carbocycles. The van der Waals surface area contributed by atoms with Gasteiger partial charge in [-0.1, -0.05) is 32.0 Å². The molecule has 0 saturated heterocycles. The van der Waals surface area contributed by atoms with E-state index >= 15 is 0 Å². The molecule has 0 heterocycles. The van der Waals surface area contributed by atoms with Crippen LogP contribution in [0, 0.1) is 11.8 Å². The second-order valence-electron chi connectivity index (χ2n) is 4.90. The molecule has 0 radical (unpaired) electrons. The highest BCUT2D eigenvalue weighted by Gasteiger charge is 2.32. The third kappa shape index (κ3) is 2.56. The predicted octanol–water partition coefficient (Wildman–Crippen LogP) is 3.09. The van der Waals surface area contributed by atoms with E-state index in [2.05, 4.69) is 19.2 Å². The van der Waals surface area contributed by atoms with Crippen LogP contribution in [-0.2, 0) is 0 Å². The van der Waals surface area contributed by atoms with E-state index in [0.29, 0.717) is 5.75 Å². The molecule has 1 aromatic carbocycles. The first kappa shape index (κ1) is 11.5. The number of phenols is 1. The van der Waals surface area contributed by atoms with Crippen LogP contribution in [0.3, 0.4) is 0 Å². The zero-order valence-electron chi connectivity index (χ0n) is 10.1. The van der Waals surface area contributed by atoms with Gasteiger partial charge >= 0.3 is 0 Å². The van der Waals surface area contributed by atoms with Crippen molar-refractivity contribution in [3.8, 4) is 5.75 Å². The fourth-order valence-electron chi connectivity index (χ4n) is 2.23. The summed E-state index contributed by atoms with van der Waals surface area (Å²) in [5.74, 6) is 2.14. The minimum absolute atomic E-state index is 0.286. The Hall–Kier alpha value is -1.02. The van der Waals surface area contributed by atoms with Crippen molar-refractivity contribution in [3.05, 3.63) is 29.8 Å². The van der Waals surface area contributed by atoms with Crippen molar-refractivity contribution in [2.75, 3.05) is 6.54 Å². The van der Waals surface area contributed by atoms with Crippen molar-refractivity contribution in [3.63, 3.8) is 0 Å². The highest BCUT2D eigenvalue weighted by Crippen LogP contribution is 2.37. The summed E-state index contributed by atoms with van der Waals surface area (Å²) in [7, 11) is 0. The van der Waals surface area contributed by atoms with Crippen LogP contribution in [0.1, 0.15) is 38.3 Å². The number of benzene rings is 1. The van der Waals surface area contributed by atoms with E-state index < -0.39 is 0 Å². The van der Waals surface area contributed by atoms with Gasteiger partial charge in [-0.15, -0.1) is 0 Å². The van der Waals surface area contributed by atoms with Crippen molar-refractivity contribution in [1.82, 2.24) is 5.32 Å². The smallest absolute Gasteiger partial charge is 0.120 e. The number of rotatable bonds is 5. The van der Waals surface area contributed by atoms with Crippen molar-refractivity contribution in [1.29, 1.82) is 0 Å². The minimum atomic E-state index is 0.286. The molecule has 0 bridgehead atoms. The maximum atomic E-state index is 9.80. The van der Waals surface area contributed by atoms with Crippen molar-refractivity contribution >= 4 is 0 Å². The molecular weight excluding hydrogens is 198 g/mol. The normalized spacial score (nSPS) is 25.4. The van der Waals surface area contributed by atoms with Gasteiger partial charge in [0.25, 0.3) is 0 Å². The Bertz CT molecular complexity index is 350. The molecule has 0 spiro atoms. The third-order valence-electron chi connectivity index (χ3n) is 3.62. The first-order chi connectivity index (χ1) is 7.72. The maximum Gasteiger partial charge on any atom is 0.120 e. The van der Waals surface area contributed by atoms with Crippen LogP contribution < -0.4 is 5.32 Å². The average molecular weight is 219 g/mol. The summed E-state index contributed by atoms with van der Waals surface area (Å²) in [6, 6.07) is 7.91. The number of phenolic OH excluding ortho intramolecular Hbond substituents is 1. The van der Waals surface area contributed by atoms with E-state index in [1.54, 1.807) is 6.07 Å². The standard InChI is InChI=1S/C14H21NO/c1-3-13(15-9-11-8-10(11)2)12-6-4-5-7-14(12)16/h4-7,10-11,13,15-16H,3,8-9H2,1-2H3. The third-order valence-corrected chi connectivity index (χ3v) is 3.62. The Morgan fingerprint density at radius 3 is 2.69 bits per heavy atom. The van der Waals surface area contributed by atoms with Crippen molar-refractivity contribution in [2.45, 2.75) is 32.7 Å². The van der Waals surface area contributed by atoms with Crippen LogP contribution in [0.5, 0.6) is 5.75 Å². The number of para-hydroxylation sites is 1. The Morgan fingerprint density at radius 2 is 2.12 bits per heavy atom. The summed E-state index contributed by atoms with van der Waals surface area (Å²) < 4.78 is 0. The predicted molar refractivity (Wildman–Crippen MR) is 66.4 cm³/mol. The molecule has 3 unspecified atom stereocenters. The number of hydrogen-bond donors (Lipinski definition) is 2. The largest absolute Gasteiger partial charge is 0.508 e. The molecule has 1 aromatic rings. The molecule has 2 N–H and O–H groups in total. The van der Waals surface area contributed by atoms with Gasteiger partial charge in [-0.2, -0.15) is 0 Å². The molecule has 2 rings (SSSR count). The molecule has 0 aromatic heterocycles. The summed E-state index contributed by atoms with van der Waals surface area (Å²) in [6.45, 7) is 5.53. The first-order valence-corrected chi connectivity index (χ1v) is 6.23. The van der Waals surface area contributed by atoms with Gasteiger partial charge in [0.1, 0.15) is 5.75 Å². The van der Waals surface area contributed by atoms with E-state index in [9.17, 15) is 5.11 Å². The SMILES string of the molecule is CCC(NCC1CC1C)c1ccccc1O. The lowest BCUT2D eigenvalue weighted by Gasteiger charge is -2.18. The van der Waals surface area contributed by atoms with E-state index in [-0.39, 0.29) is 6.04 Å². The highest BCUT2D eigenvalue weighted by atomic mass is 16.3. The van der Waals surface area contributed by atoms with Gasteiger partial charge in [-0.05, 0) is 37.3 Å². The topological polar surface area (TPSA) is 32.3 Å². The van der Waals surface area contributed by atoms with E-state index in [1.165, 1.54) is 6.42 Å². The van der Waals surface area contributed by atoms with Crippen LogP contribution in [0.2, 0.25) is 0 Å². The molecule has 3 atom stereocenters. The summed E-state index contributed by atoms with van der Waals surface area (Å²) in [6.07, 6.45) is 2.36. The van der Waals surface area contributed by atoms with E-state index in [4.69, 9.17) is 0 Å². The van der Waals surface area contributed by atoms with Gasteiger partial charge in [0.05, 0.1) is 0 Å². The Labute approximate surface area is 97.7 Å². The van der Waals surface area contributed by atoms with Crippen LogP contribution in [0.4, 0.5) is 0 Å². The summed E-state index contributed by atoms with van der Waals surface area (Å²) >= 11 is 0. The van der Waals surface area contributed by atoms with E-state index in [1.807, 2.05) is 18.2 Å². The quantitative estimate of drug-likeness (QED) is 0.797. The van der Waals surface area contributed by atoms with Crippen LogP contribution in [0.15, 0.2) is 24.3 Å². The zero-order valence-corrected chi connectivity index (χ0v) is 10.1. The van der Waals surface area contributed by atoms with Crippen LogP contribution in [-0.4, -0.2) is 11.7 Å². The Kier molecular flexibility index (Phi) is 3.49. The minimum Gasteiger partial charge on any atom is -0.508 e. The summed E-state index contributed by atoms with van der Waals surface area (Å²) in [5.41, 5.74) is 1.03. The van der Waals surface area contributed by atoms with Gasteiger partial charge in [-0.25, -0.2) is 0 Å². The molecule has 0 aliphatic heterocycles. The van der Waals surface area contributed by atoms with Gasteiger partial charge in [-0.3, -0.25) is 0 Å². The second kappa shape index (κ2) is 4.88. The molecule has 88 valence electrons. The Balaban J connectivity index is 1.96. The lowest BCUT2D eigenvalue weighted by molar-refractivity contribution is 0.436. The summed E-state index contributed by atoms with van der Waals surface area (Å²) in [4.78, 5) is 0. The molecule has 1 fully saturated rings. The van der Waals surface area contributed by atoms with Crippen LogP contribution in [0.25, 0.3) is 0 Å². The van der Waals surface area contributed by atoms with E-state index in [0.717, 1.165) is 30.4 Å². The molecular formula is C14H21NO. The lowest BCUT2D eigenvalue weighted by atomic mass is 10.0. The van der Waals surface area contributed by atoms with Crippen molar-refractivity contribution < 1.29 is 5.11 Å². The maximum absolute atomic E-state index is 9.80. The monoisotopic (exact) mass is 219 g/mol. The highest BCUT2D eigenvalue weighted by molar-refractivity contribution is 5.34. The zero-order chi connectivity index (χ0) is 11.5. The second-order valence-corrected chi connectivity index (χ2v) is 4.90. The molecule has 1 aliphatic carbocycles. The van der Waals surface area contributed by atoms with Gasteiger partial charge in [0.15, 0.2) is 0 Å². The average Bonchev–Trinajstić information content (AvgIpc) is 2.98. The molecule has 16 heavy (non-hydrogen) atoms. The number of aromatic hydroxyl groups is 1.